The average Bonchev–Trinajstić information content (AvgIpc) is 3.44. The molecule has 166 valence electrons. The summed E-state index contributed by atoms with van der Waals surface area (Å²) in [7, 11) is 1.71. The van der Waals surface area contributed by atoms with Crippen LogP contribution in [0.5, 0.6) is 0 Å². The molecule has 1 amide bonds. The number of aromatic amines is 1. The average molecular weight is 435 g/mol. The molecular formula is C24H27FN6O. The van der Waals surface area contributed by atoms with Gasteiger partial charge in [-0.1, -0.05) is 25.7 Å². The molecule has 8 heteroatoms. The number of amides is 1. The molecule has 0 saturated heterocycles. The topological polar surface area (TPSA) is 107 Å². The Bertz CT molecular complexity index is 1160. The fraction of sp³-hybridized carbons (Fsp3) is 0.333. The van der Waals surface area contributed by atoms with Crippen LogP contribution in [-0.4, -0.2) is 34.1 Å². The van der Waals surface area contributed by atoms with Crippen molar-refractivity contribution in [1.82, 2.24) is 25.6 Å². The number of rotatable bonds is 8. The van der Waals surface area contributed by atoms with Crippen molar-refractivity contribution < 1.29 is 9.18 Å². The fourth-order valence-corrected chi connectivity index (χ4v) is 4.29. The van der Waals surface area contributed by atoms with Crippen LogP contribution in [-0.2, 0) is 13.0 Å². The zero-order chi connectivity index (χ0) is 22.5. The Morgan fingerprint density at radius 1 is 1.31 bits per heavy atom. The summed E-state index contributed by atoms with van der Waals surface area (Å²) in [5, 5.41) is 13.2. The van der Waals surface area contributed by atoms with Crippen LogP contribution >= 0.6 is 0 Å². The number of H-pyrrole nitrogens is 1. The SMILES string of the molecule is CN/C=C(\C=N)c1cc(F)cc(CNC(=O)c2nccc3nc(CC4CCCC4)[nH]c23)c1. The zero-order valence-corrected chi connectivity index (χ0v) is 18.0. The first kappa shape index (κ1) is 21.7. The second-order valence-corrected chi connectivity index (χ2v) is 8.16. The van der Waals surface area contributed by atoms with Gasteiger partial charge in [0.25, 0.3) is 5.91 Å². The molecule has 0 unspecified atom stereocenters. The summed E-state index contributed by atoms with van der Waals surface area (Å²) >= 11 is 0. The molecule has 0 bridgehead atoms. The van der Waals surface area contributed by atoms with E-state index in [2.05, 4.69) is 25.6 Å². The van der Waals surface area contributed by atoms with Gasteiger partial charge in [-0.3, -0.25) is 4.79 Å². The van der Waals surface area contributed by atoms with Crippen molar-refractivity contribution in [1.29, 1.82) is 5.41 Å². The Kier molecular flexibility index (Phi) is 6.58. The first-order valence-corrected chi connectivity index (χ1v) is 10.9. The Morgan fingerprint density at radius 3 is 2.88 bits per heavy atom. The lowest BCUT2D eigenvalue weighted by Crippen LogP contribution is -2.24. The minimum Gasteiger partial charge on any atom is -0.393 e. The number of hydrogen-bond acceptors (Lipinski definition) is 5. The van der Waals surface area contributed by atoms with Crippen LogP contribution in [0.4, 0.5) is 4.39 Å². The van der Waals surface area contributed by atoms with Gasteiger partial charge < -0.3 is 21.0 Å². The number of carbonyl (C=O) groups excluding carboxylic acids is 1. The third-order valence-corrected chi connectivity index (χ3v) is 5.82. The normalized spacial score (nSPS) is 14.6. The van der Waals surface area contributed by atoms with Crippen LogP contribution in [0, 0.1) is 17.1 Å². The number of benzene rings is 1. The molecule has 3 aromatic rings. The van der Waals surface area contributed by atoms with Crippen LogP contribution in [0.2, 0.25) is 0 Å². The molecule has 2 aromatic heterocycles. The van der Waals surface area contributed by atoms with E-state index in [0.29, 0.717) is 28.1 Å². The second kappa shape index (κ2) is 9.72. The lowest BCUT2D eigenvalue weighted by molar-refractivity contribution is 0.0947. The van der Waals surface area contributed by atoms with Crippen molar-refractivity contribution in [2.75, 3.05) is 7.05 Å². The van der Waals surface area contributed by atoms with Crippen LogP contribution in [0.1, 0.15) is 53.1 Å². The van der Waals surface area contributed by atoms with Crippen LogP contribution < -0.4 is 10.6 Å². The van der Waals surface area contributed by atoms with E-state index >= 15 is 0 Å². The van der Waals surface area contributed by atoms with Gasteiger partial charge in [0.2, 0.25) is 0 Å². The summed E-state index contributed by atoms with van der Waals surface area (Å²) in [6.07, 6.45) is 10.2. The van der Waals surface area contributed by atoms with Gasteiger partial charge in [0.05, 0.1) is 11.0 Å². The third-order valence-electron chi connectivity index (χ3n) is 5.82. The molecule has 0 aliphatic heterocycles. The second-order valence-electron chi connectivity index (χ2n) is 8.16. The molecule has 1 fully saturated rings. The van der Waals surface area contributed by atoms with Crippen molar-refractivity contribution >= 4 is 28.7 Å². The Morgan fingerprint density at radius 2 is 2.12 bits per heavy atom. The van der Waals surface area contributed by atoms with Gasteiger partial charge in [0.1, 0.15) is 11.6 Å². The molecule has 1 aliphatic carbocycles. The lowest BCUT2D eigenvalue weighted by atomic mass is 10.0. The number of carbonyl (C=O) groups is 1. The van der Waals surface area contributed by atoms with Crippen molar-refractivity contribution in [2.24, 2.45) is 5.92 Å². The fourth-order valence-electron chi connectivity index (χ4n) is 4.29. The van der Waals surface area contributed by atoms with E-state index in [0.717, 1.165) is 24.0 Å². The number of halogens is 1. The number of allylic oxidation sites excluding steroid dienone is 1. The van der Waals surface area contributed by atoms with E-state index < -0.39 is 5.82 Å². The molecule has 0 spiro atoms. The standard InChI is InChI=1S/C24H27FN6O/c1-27-14-18(12-26)17-8-16(9-19(25)11-17)13-29-24(32)23-22-20(6-7-28-23)30-21(31-22)10-15-4-2-3-5-15/h6-9,11-12,14-15,26-27H,2-5,10,13H2,1H3,(H,29,32)(H,30,31)/b18-14+,26-12?. The maximum atomic E-state index is 14.1. The van der Waals surface area contributed by atoms with Gasteiger partial charge in [-0.25, -0.2) is 14.4 Å². The number of imidazole rings is 1. The van der Waals surface area contributed by atoms with Crippen LogP contribution in [0.3, 0.4) is 0 Å². The van der Waals surface area contributed by atoms with Crippen molar-refractivity contribution in [2.45, 2.75) is 38.6 Å². The first-order valence-electron chi connectivity index (χ1n) is 10.9. The number of nitrogens with one attached hydrogen (secondary N) is 4. The van der Waals surface area contributed by atoms with Crippen molar-refractivity contribution in [3.05, 3.63) is 65.1 Å². The third kappa shape index (κ3) is 4.85. The van der Waals surface area contributed by atoms with E-state index in [4.69, 9.17) is 5.41 Å². The highest BCUT2D eigenvalue weighted by molar-refractivity contribution is 6.08. The monoisotopic (exact) mass is 434 g/mol. The highest BCUT2D eigenvalue weighted by Gasteiger charge is 2.19. The number of hydrogen-bond donors (Lipinski definition) is 4. The summed E-state index contributed by atoms with van der Waals surface area (Å²) < 4.78 is 14.1. The summed E-state index contributed by atoms with van der Waals surface area (Å²) in [6, 6.07) is 6.28. The Balaban J connectivity index is 1.50. The van der Waals surface area contributed by atoms with Crippen molar-refractivity contribution in [3.8, 4) is 0 Å². The van der Waals surface area contributed by atoms with Crippen LogP contribution in [0.25, 0.3) is 16.6 Å². The number of aromatic nitrogens is 3. The molecule has 0 atom stereocenters. The molecule has 1 aliphatic rings. The van der Waals surface area contributed by atoms with Gasteiger partial charge in [-0.05, 0) is 41.3 Å². The maximum Gasteiger partial charge on any atom is 0.272 e. The molecule has 1 saturated carbocycles. The summed E-state index contributed by atoms with van der Waals surface area (Å²) in [4.78, 5) is 25.1. The maximum absolute atomic E-state index is 14.1. The molecule has 7 nitrogen and oxygen atoms in total. The van der Waals surface area contributed by atoms with Gasteiger partial charge >= 0.3 is 0 Å². The first-order chi connectivity index (χ1) is 15.6. The molecule has 2 heterocycles. The Hall–Kier alpha value is -3.55. The summed E-state index contributed by atoms with van der Waals surface area (Å²) in [6.45, 7) is 0.134. The molecule has 4 rings (SSSR count). The largest absolute Gasteiger partial charge is 0.393 e. The Labute approximate surface area is 186 Å². The number of fused-ring (bicyclic) bond motifs is 1. The predicted octanol–water partition coefficient (Wildman–Crippen LogP) is 3.97. The van der Waals surface area contributed by atoms with E-state index in [9.17, 15) is 9.18 Å². The van der Waals surface area contributed by atoms with Gasteiger partial charge in [0.15, 0.2) is 5.69 Å². The summed E-state index contributed by atoms with van der Waals surface area (Å²) in [5.74, 6) is 0.751. The minimum atomic E-state index is -0.430. The molecule has 1 aromatic carbocycles. The number of pyridine rings is 1. The van der Waals surface area contributed by atoms with E-state index in [-0.39, 0.29) is 18.1 Å². The smallest absolute Gasteiger partial charge is 0.272 e. The minimum absolute atomic E-state index is 0.134. The molecule has 32 heavy (non-hydrogen) atoms. The zero-order valence-electron chi connectivity index (χ0n) is 18.0. The molecule has 0 radical (unpaired) electrons. The van der Waals surface area contributed by atoms with E-state index in [1.54, 1.807) is 31.6 Å². The van der Waals surface area contributed by atoms with Gasteiger partial charge in [-0.2, -0.15) is 0 Å². The molecular weight excluding hydrogens is 407 g/mol. The van der Waals surface area contributed by atoms with E-state index in [1.807, 2.05) is 0 Å². The quantitative estimate of drug-likeness (QED) is 0.403. The predicted molar refractivity (Wildman–Crippen MR) is 123 cm³/mol. The summed E-state index contributed by atoms with van der Waals surface area (Å²) in [5.41, 5.74) is 3.32. The highest BCUT2D eigenvalue weighted by atomic mass is 19.1. The highest BCUT2D eigenvalue weighted by Crippen LogP contribution is 2.28. The van der Waals surface area contributed by atoms with Crippen molar-refractivity contribution in [3.63, 3.8) is 0 Å². The van der Waals surface area contributed by atoms with Gasteiger partial charge in [0, 0.05) is 44.2 Å². The molecule has 4 N–H and O–H groups in total. The van der Waals surface area contributed by atoms with E-state index in [1.165, 1.54) is 37.8 Å². The lowest BCUT2D eigenvalue weighted by Gasteiger charge is -2.09. The van der Waals surface area contributed by atoms with Crippen LogP contribution in [0.15, 0.2) is 36.7 Å². The van der Waals surface area contributed by atoms with Gasteiger partial charge in [-0.15, -0.1) is 0 Å². The number of nitrogens with zero attached hydrogens (tertiary/aromatic N) is 2.